The van der Waals surface area contributed by atoms with Crippen molar-refractivity contribution in [2.45, 2.75) is 50.7 Å². The summed E-state index contributed by atoms with van der Waals surface area (Å²) in [5, 5.41) is 5.35. The molecule has 1 saturated carbocycles. The molecule has 38 heavy (non-hydrogen) atoms. The molecular weight excluding hydrogens is 480 g/mol. The van der Waals surface area contributed by atoms with Gasteiger partial charge in [-0.15, -0.1) is 0 Å². The Hall–Kier alpha value is -3.71. The maximum Gasteiger partial charge on any atom is 0.308 e. The van der Waals surface area contributed by atoms with Gasteiger partial charge in [0.15, 0.2) is 0 Å². The third-order valence-electron chi connectivity index (χ3n) is 8.07. The van der Waals surface area contributed by atoms with E-state index in [1.807, 2.05) is 54.6 Å². The van der Waals surface area contributed by atoms with Gasteiger partial charge in [-0.3, -0.25) is 14.4 Å². The van der Waals surface area contributed by atoms with E-state index in [9.17, 15) is 14.4 Å². The average Bonchev–Trinajstić information content (AvgIpc) is 2.88. The van der Waals surface area contributed by atoms with E-state index in [0.717, 1.165) is 35.8 Å². The molecule has 2 fully saturated rings. The van der Waals surface area contributed by atoms with E-state index in [1.165, 1.54) is 13.8 Å². The molecule has 7 nitrogen and oxygen atoms in total. The number of likely N-dealkylation sites (tertiary alicyclic amines) is 1. The average molecular weight is 515 g/mol. The number of amides is 1. The van der Waals surface area contributed by atoms with Crippen molar-refractivity contribution in [1.29, 1.82) is 0 Å². The van der Waals surface area contributed by atoms with Gasteiger partial charge in [0, 0.05) is 49.8 Å². The van der Waals surface area contributed by atoms with E-state index >= 15 is 0 Å². The van der Waals surface area contributed by atoms with Crippen LogP contribution in [-0.4, -0.2) is 55.0 Å². The molecule has 198 valence electrons. The number of nitrogens with zero attached hydrogens (tertiary/aromatic N) is 1. The maximum atomic E-state index is 13.4. The normalized spacial score (nSPS) is 25.3. The third kappa shape index (κ3) is 5.29. The molecule has 5 rings (SSSR count). The largest absolute Gasteiger partial charge is 0.462 e. The molecule has 1 unspecified atom stereocenters. The quantitative estimate of drug-likeness (QED) is 0.399. The van der Waals surface area contributed by atoms with Crippen molar-refractivity contribution in [3.05, 3.63) is 77.9 Å². The molecule has 1 heterocycles. The maximum absolute atomic E-state index is 13.4. The topological polar surface area (TPSA) is 84.9 Å². The molecule has 0 radical (unpaired) electrons. The van der Waals surface area contributed by atoms with Crippen molar-refractivity contribution in [3.8, 4) is 5.75 Å². The molecule has 3 aromatic carbocycles. The van der Waals surface area contributed by atoms with Gasteiger partial charge in [0.2, 0.25) is 0 Å². The van der Waals surface area contributed by atoms with Gasteiger partial charge in [-0.25, -0.2) is 0 Å². The Bertz CT molecular complexity index is 1370. The lowest BCUT2D eigenvalue weighted by Crippen LogP contribution is -2.61. The van der Waals surface area contributed by atoms with Crippen molar-refractivity contribution in [2.75, 3.05) is 20.1 Å². The molecule has 0 spiro atoms. The van der Waals surface area contributed by atoms with Gasteiger partial charge in [-0.05, 0) is 67.0 Å². The number of benzene rings is 3. The SMILES string of the molecule is CC(=O)Oc1cccc([C@@]23CCN(C)C[C@H]2C(OC(C)=O)C[C@@H](NC(=O)c2ccc4ccccc4c2)C3)c1. The highest BCUT2D eigenvalue weighted by Crippen LogP contribution is 2.50. The highest BCUT2D eigenvalue weighted by Gasteiger charge is 2.53. The minimum Gasteiger partial charge on any atom is -0.462 e. The van der Waals surface area contributed by atoms with Gasteiger partial charge in [-0.1, -0.05) is 42.5 Å². The number of ether oxygens (including phenoxy) is 2. The van der Waals surface area contributed by atoms with Crippen molar-refractivity contribution in [3.63, 3.8) is 0 Å². The minimum absolute atomic E-state index is 0.0338. The molecule has 1 aliphatic carbocycles. The predicted molar refractivity (Wildman–Crippen MR) is 145 cm³/mol. The van der Waals surface area contributed by atoms with Crippen LogP contribution in [0.2, 0.25) is 0 Å². The summed E-state index contributed by atoms with van der Waals surface area (Å²) in [6.45, 7) is 4.46. The summed E-state index contributed by atoms with van der Waals surface area (Å²) in [4.78, 5) is 39.5. The van der Waals surface area contributed by atoms with Gasteiger partial charge in [0.1, 0.15) is 11.9 Å². The van der Waals surface area contributed by atoms with E-state index in [0.29, 0.717) is 24.2 Å². The minimum atomic E-state index is -0.374. The number of rotatable bonds is 5. The Morgan fingerprint density at radius 3 is 2.50 bits per heavy atom. The van der Waals surface area contributed by atoms with Crippen LogP contribution in [0.1, 0.15) is 49.0 Å². The van der Waals surface area contributed by atoms with Gasteiger partial charge >= 0.3 is 11.9 Å². The zero-order chi connectivity index (χ0) is 26.9. The molecule has 2 aliphatic rings. The zero-order valence-electron chi connectivity index (χ0n) is 22.1. The molecular formula is C31H34N2O5. The molecule has 7 heteroatoms. The monoisotopic (exact) mass is 514 g/mol. The van der Waals surface area contributed by atoms with E-state index in [1.54, 1.807) is 6.07 Å². The number of esters is 2. The second kappa shape index (κ2) is 10.6. The number of fused-ring (bicyclic) bond motifs is 2. The van der Waals surface area contributed by atoms with E-state index < -0.39 is 0 Å². The summed E-state index contributed by atoms with van der Waals surface area (Å²) >= 11 is 0. The van der Waals surface area contributed by atoms with Crippen molar-refractivity contribution < 1.29 is 23.9 Å². The first-order valence-electron chi connectivity index (χ1n) is 13.2. The fourth-order valence-corrected chi connectivity index (χ4v) is 6.44. The second-order valence-corrected chi connectivity index (χ2v) is 10.7. The van der Waals surface area contributed by atoms with Crippen molar-refractivity contribution >= 4 is 28.6 Å². The van der Waals surface area contributed by atoms with E-state index in [-0.39, 0.29) is 41.3 Å². The summed E-state index contributed by atoms with van der Waals surface area (Å²) in [5.41, 5.74) is 1.28. The highest BCUT2D eigenvalue weighted by atomic mass is 16.5. The van der Waals surface area contributed by atoms with Crippen LogP contribution >= 0.6 is 0 Å². The summed E-state index contributed by atoms with van der Waals surface area (Å²) in [7, 11) is 2.08. The first-order valence-corrected chi connectivity index (χ1v) is 13.2. The molecule has 1 amide bonds. The molecule has 4 atom stereocenters. The Kier molecular flexibility index (Phi) is 7.21. The van der Waals surface area contributed by atoms with Gasteiger partial charge in [0.25, 0.3) is 5.91 Å². The Balaban J connectivity index is 1.49. The third-order valence-corrected chi connectivity index (χ3v) is 8.07. The fourth-order valence-electron chi connectivity index (χ4n) is 6.44. The Labute approximate surface area is 223 Å². The van der Waals surface area contributed by atoms with Gasteiger partial charge < -0.3 is 19.7 Å². The predicted octanol–water partition coefficient (Wildman–Crippen LogP) is 4.48. The molecule has 1 aliphatic heterocycles. The van der Waals surface area contributed by atoms with Crippen LogP contribution < -0.4 is 10.1 Å². The van der Waals surface area contributed by atoms with Crippen molar-refractivity contribution in [2.24, 2.45) is 5.92 Å². The van der Waals surface area contributed by atoms with Crippen LogP contribution in [0.15, 0.2) is 66.7 Å². The number of hydrogen-bond donors (Lipinski definition) is 1. The molecule has 3 aromatic rings. The Morgan fingerprint density at radius 2 is 1.74 bits per heavy atom. The van der Waals surface area contributed by atoms with E-state index in [4.69, 9.17) is 9.47 Å². The lowest BCUT2D eigenvalue weighted by molar-refractivity contribution is -0.157. The summed E-state index contributed by atoms with van der Waals surface area (Å²) in [5.74, 6) is -0.314. The molecule has 0 bridgehead atoms. The molecule has 0 aromatic heterocycles. The number of nitrogens with one attached hydrogen (secondary N) is 1. The lowest BCUT2D eigenvalue weighted by Gasteiger charge is -2.55. The lowest BCUT2D eigenvalue weighted by atomic mass is 9.57. The van der Waals surface area contributed by atoms with Crippen LogP contribution in [0, 0.1) is 5.92 Å². The number of carbonyl (C=O) groups excluding carboxylic acids is 3. The van der Waals surface area contributed by atoms with E-state index in [2.05, 4.69) is 23.3 Å². The van der Waals surface area contributed by atoms with Gasteiger partial charge in [0.05, 0.1) is 0 Å². The summed E-state index contributed by atoms with van der Waals surface area (Å²) < 4.78 is 11.3. The number of carbonyl (C=O) groups is 3. The number of hydrogen-bond acceptors (Lipinski definition) is 6. The van der Waals surface area contributed by atoms with Crippen LogP contribution in [0.5, 0.6) is 5.75 Å². The summed E-state index contributed by atoms with van der Waals surface area (Å²) in [6, 6.07) is 21.1. The van der Waals surface area contributed by atoms with Crippen LogP contribution in [0.25, 0.3) is 10.8 Å². The highest BCUT2D eigenvalue weighted by molar-refractivity contribution is 5.98. The Morgan fingerprint density at radius 1 is 0.947 bits per heavy atom. The van der Waals surface area contributed by atoms with Crippen LogP contribution in [0.3, 0.4) is 0 Å². The standard InChI is InChI=1S/C31H34N2O5/c1-20(34)37-27-10-6-9-25(16-27)31-13-14-33(3)19-28(31)29(38-21(2)35)17-26(18-31)32-30(36)24-12-11-22-7-4-5-8-23(22)15-24/h4-12,15-16,26,28-29H,13-14,17-19H2,1-3H3,(H,32,36)/t26-,28+,29?,31+/m1/s1. The first-order chi connectivity index (χ1) is 18.2. The number of piperidine rings is 1. The molecule has 1 saturated heterocycles. The van der Waals surface area contributed by atoms with Crippen molar-refractivity contribution in [1.82, 2.24) is 10.2 Å². The van der Waals surface area contributed by atoms with Crippen LogP contribution in [-0.2, 0) is 19.7 Å². The molecule has 1 N–H and O–H groups in total. The summed E-state index contributed by atoms with van der Waals surface area (Å²) in [6.07, 6.45) is 1.72. The fraction of sp³-hybridized carbons (Fsp3) is 0.387. The first kappa shape index (κ1) is 25.9. The van der Waals surface area contributed by atoms with Gasteiger partial charge in [-0.2, -0.15) is 0 Å². The zero-order valence-corrected chi connectivity index (χ0v) is 22.1. The van der Waals surface area contributed by atoms with Crippen LogP contribution in [0.4, 0.5) is 0 Å². The smallest absolute Gasteiger partial charge is 0.308 e. The second-order valence-electron chi connectivity index (χ2n) is 10.7.